The minimum absolute atomic E-state index is 0.0826. The topological polar surface area (TPSA) is 111 Å². The first-order valence-corrected chi connectivity index (χ1v) is 10.2. The normalized spacial score (nSPS) is 17.0. The van der Waals surface area contributed by atoms with E-state index in [0.717, 1.165) is 12.8 Å². The predicted molar refractivity (Wildman–Crippen MR) is 95.8 cm³/mol. The summed E-state index contributed by atoms with van der Waals surface area (Å²) in [6.07, 6.45) is 1.69. The van der Waals surface area contributed by atoms with E-state index < -0.39 is 15.8 Å². The van der Waals surface area contributed by atoms with E-state index in [2.05, 4.69) is 17.1 Å². The predicted octanol–water partition coefficient (Wildman–Crippen LogP) is 1.75. The largest absolute Gasteiger partial charge is 0.420 e. The van der Waals surface area contributed by atoms with Gasteiger partial charge in [0.05, 0.1) is 17.0 Å². The molecule has 0 saturated carbocycles. The lowest BCUT2D eigenvalue weighted by molar-refractivity contribution is 0.288. The monoisotopic (exact) mass is 392 g/mol. The van der Waals surface area contributed by atoms with E-state index in [4.69, 9.17) is 8.94 Å². The zero-order valence-electron chi connectivity index (χ0n) is 15.1. The van der Waals surface area contributed by atoms with E-state index in [-0.39, 0.29) is 17.0 Å². The SMILES string of the molecule is Cc1nc(Cn2c(=O)oc3cc(S(=O)(=O)N4CCC(C)CC4)ccc32)no1. The van der Waals surface area contributed by atoms with Crippen LogP contribution < -0.4 is 5.76 Å². The second kappa shape index (κ2) is 6.61. The number of benzene rings is 1. The molecule has 9 nitrogen and oxygen atoms in total. The third kappa shape index (κ3) is 3.30. The second-order valence-corrected chi connectivity index (χ2v) is 8.84. The number of aryl methyl sites for hydroxylation is 1. The number of sulfonamides is 1. The van der Waals surface area contributed by atoms with E-state index in [1.807, 2.05) is 0 Å². The highest BCUT2D eigenvalue weighted by Gasteiger charge is 2.28. The van der Waals surface area contributed by atoms with Crippen LogP contribution in [0.25, 0.3) is 11.1 Å². The van der Waals surface area contributed by atoms with E-state index in [1.165, 1.54) is 21.0 Å². The Kier molecular flexibility index (Phi) is 4.39. The molecule has 0 amide bonds. The van der Waals surface area contributed by atoms with Crippen molar-refractivity contribution >= 4 is 21.1 Å². The van der Waals surface area contributed by atoms with Crippen molar-refractivity contribution in [2.75, 3.05) is 13.1 Å². The summed E-state index contributed by atoms with van der Waals surface area (Å²) in [5, 5.41) is 3.77. The second-order valence-electron chi connectivity index (χ2n) is 6.90. The molecule has 0 atom stereocenters. The van der Waals surface area contributed by atoms with Gasteiger partial charge in [0.25, 0.3) is 0 Å². The summed E-state index contributed by atoms with van der Waals surface area (Å²) in [4.78, 5) is 16.4. The van der Waals surface area contributed by atoms with Crippen LogP contribution in [0.1, 0.15) is 31.5 Å². The van der Waals surface area contributed by atoms with E-state index in [1.54, 1.807) is 13.0 Å². The summed E-state index contributed by atoms with van der Waals surface area (Å²) in [5.74, 6) is 0.667. The molecular formula is C17H20N4O5S. The molecule has 27 heavy (non-hydrogen) atoms. The number of hydrogen-bond acceptors (Lipinski definition) is 7. The fraction of sp³-hybridized carbons (Fsp3) is 0.471. The lowest BCUT2D eigenvalue weighted by Gasteiger charge is -2.29. The smallest absolute Gasteiger partial charge is 0.408 e. The first kappa shape index (κ1) is 17.9. The standard InChI is InChI=1S/C17H20N4O5S/c1-11-5-7-20(8-6-11)27(23,24)13-3-4-14-15(9-13)25-17(22)21(14)10-16-18-12(2)26-19-16/h3-4,9,11H,5-8,10H2,1-2H3. The van der Waals surface area contributed by atoms with Crippen LogP contribution in [0.15, 0.2) is 36.8 Å². The van der Waals surface area contributed by atoms with Gasteiger partial charge < -0.3 is 8.94 Å². The Hall–Kier alpha value is -2.46. The van der Waals surface area contributed by atoms with Gasteiger partial charge in [0.15, 0.2) is 11.4 Å². The zero-order valence-corrected chi connectivity index (χ0v) is 15.9. The summed E-state index contributed by atoms with van der Waals surface area (Å²) < 4.78 is 38.8. The highest BCUT2D eigenvalue weighted by molar-refractivity contribution is 7.89. The van der Waals surface area contributed by atoms with Gasteiger partial charge in [-0.25, -0.2) is 13.2 Å². The van der Waals surface area contributed by atoms with Gasteiger partial charge in [-0.3, -0.25) is 4.57 Å². The molecule has 1 aliphatic heterocycles. The maximum absolute atomic E-state index is 12.9. The number of fused-ring (bicyclic) bond motifs is 1. The summed E-state index contributed by atoms with van der Waals surface area (Å²) in [6, 6.07) is 4.48. The van der Waals surface area contributed by atoms with Crippen molar-refractivity contribution in [2.24, 2.45) is 5.92 Å². The lowest BCUT2D eigenvalue weighted by Crippen LogP contribution is -2.37. The molecule has 0 spiro atoms. The molecule has 0 radical (unpaired) electrons. The Morgan fingerprint density at radius 3 is 2.67 bits per heavy atom. The summed E-state index contributed by atoms with van der Waals surface area (Å²) >= 11 is 0. The molecule has 4 rings (SSSR count). The molecule has 3 heterocycles. The van der Waals surface area contributed by atoms with Gasteiger partial charge in [-0.05, 0) is 30.9 Å². The number of rotatable bonds is 4. The first-order chi connectivity index (χ1) is 12.8. The van der Waals surface area contributed by atoms with Crippen molar-refractivity contribution in [3.8, 4) is 0 Å². The number of aromatic nitrogens is 3. The van der Waals surface area contributed by atoms with E-state index >= 15 is 0 Å². The highest BCUT2D eigenvalue weighted by atomic mass is 32.2. The number of nitrogens with zero attached hydrogens (tertiary/aromatic N) is 4. The van der Waals surface area contributed by atoms with Gasteiger partial charge in [0.1, 0.15) is 0 Å². The van der Waals surface area contributed by atoms with Gasteiger partial charge in [0, 0.05) is 26.1 Å². The maximum Gasteiger partial charge on any atom is 0.420 e. The van der Waals surface area contributed by atoms with Crippen molar-refractivity contribution < 1.29 is 17.4 Å². The Morgan fingerprint density at radius 2 is 2.00 bits per heavy atom. The van der Waals surface area contributed by atoms with Crippen LogP contribution in [0.5, 0.6) is 0 Å². The lowest BCUT2D eigenvalue weighted by atomic mass is 10.0. The van der Waals surface area contributed by atoms with Gasteiger partial charge in [-0.1, -0.05) is 12.1 Å². The fourth-order valence-electron chi connectivity index (χ4n) is 3.28. The molecule has 0 unspecified atom stereocenters. The Labute approximate surface area is 155 Å². The molecule has 144 valence electrons. The summed E-state index contributed by atoms with van der Waals surface area (Å²) in [7, 11) is -3.61. The summed E-state index contributed by atoms with van der Waals surface area (Å²) in [5.41, 5.74) is 0.695. The highest BCUT2D eigenvalue weighted by Crippen LogP contribution is 2.26. The molecule has 0 bridgehead atoms. The van der Waals surface area contributed by atoms with Crippen molar-refractivity contribution in [1.82, 2.24) is 19.0 Å². The van der Waals surface area contributed by atoms with Gasteiger partial charge in [-0.15, -0.1) is 0 Å². The summed E-state index contributed by atoms with van der Waals surface area (Å²) in [6.45, 7) is 4.87. The average Bonchev–Trinajstić information content (AvgIpc) is 3.18. The average molecular weight is 392 g/mol. The quantitative estimate of drug-likeness (QED) is 0.665. The molecule has 1 fully saturated rings. The van der Waals surface area contributed by atoms with Crippen molar-refractivity contribution in [1.29, 1.82) is 0 Å². The van der Waals surface area contributed by atoms with Gasteiger partial charge in [0.2, 0.25) is 15.9 Å². The molecule has 0 N–H and O–H groups in total. The molecular weight excluding hydrogens is 372 g/mol. The minimum Gasteiger partial charge on any atom is -0.408 e. The van der Waals surface area contributed by atoms with Crippen molar-refractivity contribution in [3.63, 3.8) is 0 Å². The third-order valence-electron chi connectivity index (χ3n) is 4.89. The van der Waals surface area contributed by atoms with E-state index in [0.29, 0.717) is 36.2 Å². The van der Waals surface area contributed by atoms with Crippen LogP contribution in [-0.2, 0) is 16.6 Å². The van der Waals surface area contributed by atoms with Crippen molar-refractivity contribution in [2.45, 2.75) is 38.1 Å². The van der Waals surface area contributed by atoms with Crippen LogP contribution >= 0.6 is 0 Å². The molecule has 10 heteroatoms. The van der Waals surface area contributed by atoms with Crippen LogP contribution in [0.3, 0.4) is 0 Å². The van der Waals surface area contributed by atoms with Gasteiger partial charge >= 0.3 is 5.76 Å². The Balaban J connectivity index is 1.68. The van der Waals surface area contributed by atoms with Crippen molar-refractivity contribution in [3.05, 3.63) is 40.5 Å². The zero-order chi connectivity index (χ0) is 19.2. The molecule has 1 aromatic carbocycles. The van der Waals surface area contributed by atoms with Crippen LogP contribution in [-0.4, -0.2) is 40.5 Å². The van der Waals surface area contributed by atoms with Crippen LogP contribution in [0.2, 0.25) is 0 Å². The number of hydrogen-bond donors (Lipinski definition) is 0. The third-order valence-corrected chi connectivity index (χ3v) is 6.78. The van der Waals surface area contributed by atoms with Crippen LogP contribution in [0, 0.1) is 12.8 Å². The Bertz CT molecular complexity index is 1140. The number of piperidine rings is 1. The molecule has 1 aliphatic rings. The Morgan fingerprint density at radius 1 is 1.26 bits per heavy atom. The molecule has 3 aromatic rings. The van der Waals surface area contributed by atoms with E-state index in [9.17, 15) is 13.2 Å². The molecule has 1 saturated heterocycles. The first-order valence-electron chi connectivity index (χ1n) is 8.77. The molecule has 2 aromatic heterocycles. The van der Waals surface area contributed by atoms with Crippen LogP contribution in [0.4, 0.5) is 0 Å². The number of oxazole rings is 1. The minimum atomic E-state index is -3.61. The fourth-order valence-corrected chi connectivity index (χ4v) is 4.76. The molecule has 0 aliphatic carbocycles. The van der Waals surface area contributed by atoms with Gasteiger partial charge in [-0.2, -0.15) is 9.29 Å². The maximum atomic E-state index is 12.9.